The van der Waals surface area contributed by atoms with Crippen molar-refractivity contribution in [1.82, 2.24) is 0 Å². The van der Waals surface area contributed by atoms with E-state index in [1.807, 2.05) is 0 Å². The Bertz CT molecular complexity index is 718. The fraction of sp³-hybridized carbons (Fsp3) is 0.455. The maximum atomic E-state index is 6.32. The van der Waals surface area contributed by atoms with Crippen LogP contribution in [0, 0.1) is 19.8 Å². The molecule has 0 spiro atoms. The van der Waals surface area contributed by atoms with E-state index in [1.54, 1.807) is 0 Å². The molecule has 2 nitrogen and oxygen atoms in total. The van der Waals surface area contributed by atoms with Gasteiger partial charge in [0.15, 0.2) is 0 Å². The molecule has 2 aromatic carbocycles. The molecule has 24 heavy (non-hydrogen) atoms. The van der Waals surface area contributed by atoms with Crippen molar-refractivity contribution in [2.75, 3.05) is 11.9 Å². The van der Waals surface area contributed by atoms with Crippen LogP contribution in [-0.2, 0) is 5.54 Å². The van der Waals surface area contributed by atoms with Gasteiger partial charge in [0.1, 0.15) is 12.4 Å². The van der Waals surface area contributed by atoms with Crippen LogP contribution in [0.15, 0.2) is 42.5 Å². The molecule has 1 aliphatic heterocycles. The van der Waals surface area contributed by atoms with Crippen molar-refractivity contribution < 1.29 is 4.74 Å². The lowest BCUT2D eigenvalue weighted by molar-refractivity contribution is 0.133. The van der Waals surface area contributed by atoms with Gasteiger partial charge in [0.25, 0.3) is 0 Å². The van der Waals surface area contributed by atoms with Crippen molar-refractivity contribution >= 4 is 5.69 Å². The minimum atomic E-state index is -0.101. The Labute approximate surface area is 145 Å². The summed E-state index contributed by atoms with van der Waals surface area (Å²) in [5.41, 5.74) is 5.02. The minimum absolute atomic E-state index is 0.101. The van der Waals surface area contributed by atoms with E-state index >= 15 is 0 Å². The first-order valence-corrected chi connectivity index (χ1v) is 9.27. The molecule has 2 aromatic rings. The first-order chi connectivity index (χ1) is 11.7. The maximum absolute atomic E-state index is 6.32. The molecule has 0 amide bonds. The topological polar surface area (TPSA) is 21.3 Å². The second-order valence-electron chi connectivity index (χ2n) is 7.52. The molecule has 4 rings (SSSR count). The predicted octanol–water partition coefficient (Wildman–Crippen LogP) is 5.58. The van der Waals surface area contributed by atoms with Gasteiger partial charge >= 0.3 is 0 Å². The van der Waals surface area contributed by atoms with Gasteiger partial charge in [0.2, 0.25) is 0 Å². The van der Waals surface area contributed by atoms with Crippen molar-refractivity contribution in [3.8, 4) is 5.75 Å². The summed E-state index contributed by atoms with van der Waals surface area (Å²) in [4.78, 5) is 0. The molecule has 1 unspecified atom stereocenters. The summed E-state index contributed by atoms with van der Waals surface area (Å²) in [7, 11) is 0. The van der Waals surface area contributed by atoms with Gasteiger partial charge in [-0.1, -0.05) is 49.6 Å². The van der Waals surface area contributed by atoms with E-state index in [1.165, 1.54) is 48.8 Å². The monoisotopic (exact) mass is 321 g/mol. The fourth-order valence-corrected chi connectivity index (χ4v) is 4.42. The summed E-state index contributed by atoms with van der Waals surface area (Å²) < 4.78 is 6.32. The van der Waals surface area contributed by atoms with E-state index in [0.717, 1.165) is 18.0 Å². The van der Waals surface area contributed by atoms with E-state index in [0.29, 0.717) is 5.92 Å². The zero-order valence-corrected chi connectivity index (χ0v) is 14.8. The Kier molecular flexibility index (Phi) is 3.99. The van der Waals surface area contributed by atoms with Gasteiger partial charge in [-0.2, -0.15) is 0 Å². The van der Waals surface area contributed by atoms with Crippen LogP contribution in [0.1, 0.15) is 48.8 Å². The Morgan fingerprint density at radius 2 is 1.67 bits per heavy atom. The Morgan fingerprint density at radius 1 is 0.958 bits per heavy atom. The molecule has 1 aliphatic carbocycles. The van der Waals surface area contributed by atoms with Gasteiger partial charge in [-0.15, -0.1) is 0 Å². The molecule has 1 N–H and O–H groups in total. The van der Waals surface area contributed by atoms with Crippen LogP contribution in [-0.4, -0.2) is 6.61 Å². The van der Waals surface area contributed by atoms with Crippen molar-refractivity contribution in [3.63, 3.8) is 0 Å². The molecular formula is C22H27NO. The largest absolute Gasteiger partial charge is 0.489 e. The van der Waals surface area contributed by atoms with Crippen molar-refractivity contribution in [3.05, 3.63) is 59.2 Å². The molecule has 1 atom stereocenters. The smallest absolute Gasteiger partial charge is 0.142 e. The van der Waals surface area contributed by atoms with Crippen molar-refractivity contribution in [2.45, 2.75) is 51.5 Å². The number of rotatable bonds is 2. The van der Waals surface area contributed by atoms with Crippen molar-refractivity contribution in [1.29, 1.82) is 0 Å². The van der Waals surface area contributed by atoms with Crippen LogP contribution >= 0.6 is 0 Å². The van der Waals surface area contributed by atoms with Gasteiger partial charge < -0.3 is 10.1 Å². The highest BCUT2D eigenvalue weighted by Crippen LogP contribution is 2.46. The first kappa shape index (κ1) is 15.6. The summed E-state index contributed by atoms with van der Waals surface area (Å²) in [6.07, 6.45) is 6.61. The molecule has 2 heteroatoms. The lowest BCUT2D eigenvalue weighted by Crippen LogP contribution is -2.50. The second kappa shape index (κ2) is 6.16. The summed E-state index contributed by atoms with van der Waals surface area (Å²) >= 11 is 0. The summed E-state index contributed by atoms with van der Waals surface area (Å²) in [5, 5.41) is 3.94. The molecule has 1 heterocycles. The second-order valence-corrected chi connectivity index (χ2v) is 7.52. The van der Waals surface area contributed by atoms with Crippen LogP contribution in [0.2, 0.25) is 0 Å². The number of hydrogen-bond acceptors (Lipinski definition) is 2. The number of hydrogen-bond donors (Lipinski definition) is 1. The lowest BCUT2D eigenvalue weighted by atomic mass is 9.70. The van der Waals surface area contributed by atoms with Crippen LogP contribution < -0.4 is 10.1 Å². The third kappa shape index (κ3) is 2.58. The number of anilines is 1. The first-order valence-electron chi connectivity index (χ1n) is 9.27. The molecule has 1 saturated carbocycles. The van der Waals surface area contributed by atoms with Crippen molar-refractivity contribution in [2.24, 2.45) is 5.92 Å². The van der Waals surface area contributed by atoms with E-state index in [4.69, 9.17) is 4.74 Å². The van der Waals surface area contributed by atoms with Crippen LogP contribution in [0.25, 0.3) is 0 Å². The third-order valence-electron chi connectivity index (χ3n) is 6.00. The average molecular weight is 321 g/mol. The summed E-state index contributed by atoms with van der Waals surface area (Å²) in [6.45, 7) is 5.05. The third-order valence-corrected chi connectivity index (χ3v) is 6.00. The highest BCUT2D eigenvalue weighted by molar-refractivity contribution is 5.64. The molecule has 2 aliphatic rings. The zero-order valence-electron chi connectivity index (χ0n) is 14.8. The molecule has 0 bridgehead atoms. The van der Waals surface area contributed by atoms with Gasteiger partial charge in [-0.05, 0) is 61.4 Å². The van der Waals surface area contributed by atoms with E-state index in [-0.39, 0.29) is 5.54 Å². The SMILES string of the molecule is Cc1cc2c(cc1C)OCC(c1ccccc1)(C1CCCCC1)N2. The summed E-state index contributed by atoms with van der Waals surface area (Å²) in [5.74, 6) is 1.63. The normalized spacial score (nSPS) is 23.9. The quantitative estimate of drug-likeness (QED) is 0.779. The average Bonchev–Trinajstić information content (AvgIpc) is 2.64. The Hall–Kier alpha value is -1.96. The van der Waals surface area contributed by atoms with E-state index in [2.05, 4.69) is 61.6 Å². The van der Waals surface area contributed by atoms with Gasteiger partial charge in [-0.25, -0.2) is 0 Å². The van der Waals surface area contributed by atoms with Crippen LogP contribution in [0.3, 0.4) is 0 Å². The zero-order chi connectivity index (χ0) is 16.6. The fourth-order valence-electron chi connectivity index (χ4n) is 4.42. The Balaban J connectivity index is 1.78. The number of ether oxygens (including phenoxy) is 1. The molecule has 126 valence electrons. The lowest BCUT2D eigenvalue weighted by Gasteiger charge is -2.47. The highest BCUT2D eigenvalue weighted by atomic mass is 16.5. The maximum Gasteiger partial charge on any atom is 0.142 e. The van der Waals surface area contributed by atoms with E-state index < -0.39 is 0 Å². The van der Waals surface area contributed by atoms with Gasteiger partial charge in [0, 0.05) is 0 Å². The standard InChI is InChI=1S/C22H27NO/c1-16-13-20-21(14-17(16)2)24-15-22(23-20,18-9-5-3-6-10-18)19-11-7-4-8-12-19/h3,5-6,9-10,13-14,19,23H,4,7-8,11-12,15H2,1-2H3. The predicted molar refractivity (Wildman–Crippen MR) is 99.7 cm³/mol. The Morgan fingerprint density at radius 3 is 2.42 bits per heavy atom. The number of aryl methyl sites for hydroxylation is 2. The number of benzene rings is 2. The molecule has 1 fully saturated rings. The summed E-state index contributed by atoms with van der Waals surface area (Å²) in [6, 6.07) is 15.4. The highest BCUT2D eigenvalue weighted by Gasteiger charge is 2.44. The van der Waals surface area contributed by atoms with Crippen LogP contribution in [0.4, 0.5) is 5.69 Å². The molecule has 0 aromatic heterocycles. The van der Waals surface area contributed by atoms with Gasteiger partial charge in [-0.3, -0.25) is 0 Å². The number of nitrogens with one attached hydrogen (secondary N) is 1. The molecular weight excluding hydrogens is 294 g/mol. The van der Waals surface area contributed by atoms with Gasteiger partial charge in [0.05, 0.1) is 11.2 Å². The molecule has 0 radical (unpaired) electrons. The number of fused-ring (bicyclic) bond motifs is 1. The van der Waals surface area contributed by atoms with E-state index in [9.17, 15) is 0 Å². The minimum Gasteiger partial charge on any atom is -0.489 e. The van der Waals surface area contributed by atoms with Crippen LogP contribution in [0.5, 0.6) is 5.75 Å². The molecule has 0 saturated heterocycles.